The van der Waals surface area contributed by atoms with Gasteiger partial charge in [0.05, 0.1) is 6.54 Å². The van der Waals surface area contributed by atoms with Crippen LogP contribution in [0.1, 0.15) is 45.9 Å². The summed E-state index contributed by atoms with van der Waals surface area (Å²) in [7, 11) is 0. The van der Waals surface area contributed by atoms with Gasteiger partial charge in [0.2, 0.25) is 0 Å². The van der Waals surface area contributed by atoms with E-state index in [1.54, 1.807) is 4.57 Å². The van der Waals surface area contributed by atoms with Gasteiger partial charge in [-0.05, 0) is 55.3 Å². The molecule has 0 aliphatic rings. The Labute approximate surface area is 189 Å². The highest BCUT2D eigenvalue weighted by Crippen LogP contribution is 2.33. The largest absolute Gasteiger partial charge is 0.465 e. The average molecular weight is 436 g/mol. The second-order valence-corrected chi connectivity index (χ2v) is 9.62. The first-order chi connectivity index (χ1) is 15.0. The van der Waals surface area contributed by atoms with Crippen LogP contribution in [0.15, 0.2) is 53.3 Å². The second-order valence-electron chi connectivity index (χ2n) is 9.62. The summed E-state index contributed by atoms with van der Waals surface area (Å²) >= 11 is 0. The number of rotatable bonds is 6. The number of benzene rings is 2. The molecule has 170 valence electrons. The molecule has 0 saturated carbocycles. The lowest BCUT2D eigenvalue weighted by molar-refractivity contribution is 0.0937. The van der Waals surface area contributed by atoms with E-state index < -0.39 is 11.6 Å². The molecule has 0 bridgehead atoms. The Morgan fingerprint density at radius 1 is 1.09 bits per heavy atom. The van der Waals surface area contributed by atoms with Crippen LogP contribution in [0, 0.1) is 5.92 Å². The molecule has 3 aromatic rings. The van der Waals surface area contributed by atoms with Crippen LogP contribution >= 0.6 is 0 Å². The molecule has 0 fully saturated rings. The fourth-order valence-electron chi connectivity index (χ4n) is 4.06. The highest BCUT2D eigenvalue weighted by atomic mass is 16.4. The Balaban J connectivity index is 2.47. The average Bonchev–Trinajstić information content (AvgIpc) is 2.73. The lowest BCUT2D eigenvalue weighted by Crippen LogP contribution is -2.45. The SMILES string of the molecule is CC(C)Cn1c(CN(C(=O)O)C(C)(C)C)c(-c2ccccc2)c2cc(CN)ccc2c1=O. The minimum atomic E-state index is -1.02. The molecule has 2 aromatic carbocycles. The maximum atomic E-state index is 13.6. The number of aromatic nitrogens is 1. The molecule has 1 aromatic heterocycles. The minimum absolute atomic E-state index is 0.105. The van der Waals surface area contributed by atoms with Gasteiger partial charge in [-0.1, -0.05) is 50.2 Å². The first-order valence-electron chi connectivity index (χ1n) is 11.0. The Morgan fingerprint density at radius 3 is 2.28 bits per heavy atom. The minimum Gasteiger partial charge on any atom is -0.465 e. The molecular formula is C26H33N3O3. The zero-order valence-corrected chi connectivity index (χ0v) is 19.6. The molecule has 0 saturated heterocycles. The van der Waals surface area contributed by atoms with Crippen molar-refractivity contribution in [2.24, 2.45) is 11.7 Å². The van der Waals surface area contributed by atoms with E-state index in [1.807, 2.05) is 69.3 Å². The zero-order chi connectivity index (χ0) is 23.6. The van der Waals surface area contributed by atoms with Crippen LogP contribution in [0.25, 0.3) is 21.9 Å². The molecule has 6 nitrogen and oxygen atoms in total. The topological polar surface area (TPSA) is 88.6 Å². The summed E-state index contributed by atoms with van der Waals surface area (Å²) in [5.41, 5.74) is 8.62. The molecule has 0 unspecified atom stereocenters. The molecule has 0 aliphatic heterocycles. The normalized spacial score (nSPS) is 11.8. The number of carboxylic acid groups (broad SMARTS) is 1. The number of hydrogen-bond donors (Lipinski definition) is 2. The fourth-order valence-corrected chi connectivity index (χ4v) is 4.06. The number of amides is 1. The van der Waals surface area contributed by atoms with Crippen molar-refractivity contribution < 1.29 is 9.90 Å². The lowest BCUT2D eigenvalue weighted by atomic mass is 9.94. The van der Waals surface area contributed by atoms with Gasteiger partial charge in [0.15, 0.2) is 0 Å². The third kappa shape index (κ3) is 4.70. The molecule has 3 N–H and O–H groups in total. The fraction of sp³-hybridized carbons (Fsp3) is 0.385. The van der Waals surface area contributed by atoms with Crippen molar-refractivity contribution >= 4 is 16.9 Å². The molecule has 0 aliphatic carbocycles. The van der Waals surface area contributed by atoms with Gasteiger partial charge in [-0.2, -0.15) is 0 Å². The van der Waals surface area contributed by atoms with Gasteiger partial charge in [0.1, 0.15) is 0 Å². The first kappa shape index (κ1) is 23.5. The van der Waals surface area contributed by atoms with E-state index in [9.17, 15) is 14.7 Å². The summed E-state index contributed by atoms with van der Waals surface area (Å²) in [5, 5.41) is 11.4. The number of nitrogens with two attached hydrogens (primary N) is 1. The van der Waals surface area contributed by atoms with Crippen molar-refractivity contribution in [2.75, 3.05) is 0 Å². The number of carbonyl (C=O) groups is 1. The third-order valence-corrected chi connectivity index (χ3v) is 5.64. The van der Waals surface area contributed by atoms with Crippen molar-refractivity contribution in [3.05, 3.63) is 70.1 Å². The molecule has 0 spiro atoms. The monoisotopic (exact) mass is 435 g/mol. The third-order valence-electron chi connectivity index (χ3n) is 5.64. The van der Waals surface area contributed by atoms with Crippen molar-refractivity contribution in [1.29, 1.82) is 0 Å². The maximum absolute atomic E-state index is 13.6. The van der Waals surface area contributed by atoms with Gasteiger partial charge in [-0.15, -0.1) is 0 Å². The van der Waals surface area contributed by atoms with Gasteiger partial charge in [-0.25, -0.2) is 4.79 Å². The first-order valence-corrected chi connectivity index (χ1v) is 11.0. The predicted octanol–water partition coefficient (Wildman–Crippen LogP) is 5.06. The zero-order valence-electron chi connectivity index (χ0n) is 19.6. The molecule has 32 heavy (non-hydrogen) atoms. The van der Waals surface area contributed by atoms with Gasteiger partial charge >= 0.3 is 6.09 Å². The second kappa shape index (κ2) is 9.17. The lowest BCUT2D eigenvalue weighted by Gasteiger charge is -2.35. The van der Waals surface area contributed by atoms with Crippen molar-refractivity contribution in [3.8, 4) is 11.1 Å². The molecule has 0 atom stereocenters. The van der Waals surface area contributed by atoms with E-state index in [0.717, 1.165) is 22.1 Å². The van der Waals surface area contributed by atoms with Gasteiger partial charge in [0.25, 0.3) is 5.56 Å². The van der Waals surface area contributed by atoms with Gasteiger partial charge < -0.3 is 15.4 Å². The highest BCUT2D eigenvalue weighted by Gasteiger charge is 2.29. The smallest absolute Gasteiger partial charge is 0.408 e. The molecule has 6 heteroatoms. The van der Waals surface area contributed by atoms with E-state index in [2.05, 4.69) is 13.8 Å². The van der Waals surface area contributed by atoms with E-state index in [4.69, 9.17) is 5.73 Å². The van der Waals surface area contributed by atoms with Crippen LogP contribution < -0.4 is 11.3 Å². The number of fused-ring (bicyclic) bond motifs is 1. The van der Waals surface area contributed by atoms with Crippen molar-refractivity contribution in [3.63, 3.8) is 0 Å². The summed E-state index contributed by atoms with van der Waals surface area (Å²) < 4.78 is 1.76. The molecule has 0 radical (unpaired) electrons. The van der Waals surface area contributed by atoms with E-state index in [1.165, 1.54) is 4.90 Å². The molecule has 1 amide bonds. The summed E-state index contributed by atoms with van der Waals surface area (Å²) in [6, 6.07) is 15.5. The van der Waals surface area contributed by atoms with Crippen LogP contribution in [-0.2, 0) is 19.6 Å². The Hall–Kier alpha value is -3.12. The van der Waals surface area contributed by atoms with E-state index in [0.29, 0.717) is 24.2 Å². The standard InChI is InChI=1S/C26H33N3O3/c1-17(2)15-28-22(16-29(25(31)32)26(3,4)5)23(19-9-7-6-8-10-19)21-13-18(14-27)11-12-20(21)24(28)30/h6-13,17H,14-16,27H2,1-5H3,(H,31,32). The van der Waals surface area contributed by atoms with Crippen molar-refractivity contribution in [1.82, 2.24) is 9.47 Å². The van der Waals surface area contributed by atoms with Gasteiger partial charge in [-0.3, -0.25) is 9.69 Å². The van der Waals surface area contributed by atoms with Crippen LogP contribution in [0.5, 0.6) is 0 Å². The van der Waals surface area contributed by atoms with E-state index in [-0.39, 0.29) is 18.0 Å². The number of pyridine rings is 1. The molecular weight excluding hydrogens is 402 g/mol. The summed E-state index contributed by atoms with van der Waals surface area (Å²) in [5.74, 6) is 0.212. The quantitative estimate of drug-likeness (QED) is 0.566. The van der Waals surface area contributed by atoms with Crippen LogP contribution in [-0.4, -0.2) is 26.2 Å². The number of hydrogen-bond acceptors (Lipinski definition) is 3. The van der Waals surface area contributed by atoms with E-state index >= 15 is 0 Å². The summed E-state index contributed by atoms with van der Waals surface area (Å²) in [4.78, 5) is 27.2. The van der Waals surface area contributed by atoms with Crippen LogP contribution in [0.4, 0.5) is 4.79 Å². The van der Waals surface area contributed by atoms with Crippen LogP contribution in [0.2, 0.25) is 0 Å². The Bertz CT molecular complexity index is 1170. The van der Waals surface area contributed by atoms with Crippen LogP contribution in [0.3, 0.4) is 0 Å². The number of nitrogens with zero attached hydrogens (tertiary/aromatic N) is 2. The maximum Gasteiger partial charge on any atom is 0.408 e. The Morgan fingerprint density at radius 2 is 1.75 bits per heavy atom. The summed E-state index contributed by atoms with van der Waals surface area (Å²) in [6.07, 6.45) is -1.02. The van der Waals surface area contributed by atoms with Crippen molar-refractivity contribution in [2.45, 2.75) is 59.8 Å². The Kier molecular flexibility index (Phi) is 6.74. The van der Waals surface area contributed by atoms with Gasteiger partial charge in [0, 0.05) is 35.3 Å². The predicted molar refractivity (Wildman–Crippen MR) is 130 cm³/mol. The molecule has 3 rings (SSSR count). The highest BCUT2D eigenvalue weighted by molar-refractivity contribution is 5.98. The summed E-state index contributed by atoms with van der Waals surface area (Å²) in [6.45, 7) is 10.7. The molecule has 1 heterocycles.